The first-order valence-corrected chi connectivity index (χ1v) is 17.2. The van der Waals surface area contributed by atoms with Gasteiger partial charge in [0.1, 0.15) is 6.29 Å². The lowest BCUT2D eigenvalue weighted by Crippen LogP contribution is -2.41. The molecule has 3 atom stereocenters. The van der Waals surface area contributed by atoms with E-state index >= 15 is 0 Å². The number of allylic oxidation sites excluding steroid dienone is 3. The molecule has 272 valence electrons. The molecule has 46 heavy (non-hydrogen) atoms. The number of nitrogens with zero attached hydrogens (tertiary/aromatic N) is 1. The van der Waals surface area contributed by atoms with Gasteiger partial charge < -0.3 is 37.5 Å². The second-order valence-electron chi connectivity index (χ2n) is 11.9. The van der Waals surface area contributed by atoms with Crippen molar-refractivity contribution in [3.63, 3.8) is 0 Å². The van der Waals surface area contributed by atoms with Gasteiger partial charge in [-0.2, -0.15) is 0 Å². The molecule has 0 spiro atoms. The summed E-state index contributed by atoms with van der Waals surface area (Å²) < 4.78 is 0. The fourth-order valence-corrected chi connectivity index (χ4v) is 4.66. The van der Waals surface area contributed by atoms with E-state index in [9.17, 15) is 4.79 Å². The van der Waals surface area contributed by atoms with Crippen molar-refractivity contribution in [1.29, 1.82) is 0 Å². The zero-order chi connectivity index (χ0) is 37.1. The SMILES string of the molecule is C=C(C)N.C=C(N)/C(=C/CC)C(CC1CCC1)C1CCCN1C.C=CCCNC(C=O)C(C)(C)C.C=CN.CC.CC.CNC=O. The minimum Gasteiger partial charge on any atom is -0.405 e. The van der Waals surface area contributed by atoms with Crippen molar-refractivity contribution in [1.82, 2.24) is 15.5 Å². The van der Waals surface area contributed by atoms with Crippen LogP contribution in [0.2, 0.25) is 0 Å². The van der Waals surface area contributed by atoms with Gasteiger partial charge in [-0.15, -0.1) is 6.58 Å². The topological polar surface area (TPSA) is 140 Å². The van der Waals surface area contributed by atoms with Crippen LogP contribution in [0.1, 0.15) is 114 Å². The number of hydrogen-bond donors (Lipinski definition) is 5. The molecule has 1 aliphatic heterocycles. The smallest absolute Gasteiger partial charge is 0.206 e. The highest BCUT2D eigenvalue weighted by Crippen LogP contribution is 2.40. The Bertz CT molecular complexity index is 781. The number of carbonyl (C=O) groups is 2. The van der Waals surface area contributed by atoms with Gasteiger partial charge in [0.05, 0.1) is 6.04 Å². The summed E-state index contributed by atoms with van der Waals surface area (Å²) in [6, 6.07) is 0.621. The minimum absolute atomic E-state index is 0.00290. The third-order valence-corrected chi connectivity index (χ3v) is 6.95. The van der Waals surface area contributed by atoms with Gasteiger partial charge in [0.25, 0.3) is 0 Å². The van der Waals surface area contributed by atoms with E-state index in [1.807, 2.05) is 54.5 Å². The van der Waals surface area contributed by atoms with E-state index in [-0.39, 0.29) is 11.5 Å². The fraction of sp³-hybridized carbons (Fsp3) is 0.684. The first-order valence-electron chi connectivity index (χ1n) is 17.2. The molecule has 0 radical (unpaired) electrons. The molecule has 0 aromatic heterocycles. The van der Waals surface area contributed by atoms with E-state index in [4.69, 9.17) is 16.3 Å². The van der Waals surface area contributed by atoms with Gasteiger partial charge in [0.15, 0.2) is 0 Å². The van der Waals surface area contributed by atoms with E-state index in [1.165, 1.54) is 56.8 Å². The summed E-state index contributed by atoms with van der Waals surface area (Å²) in [6.45, 7) is 34.3. The number of rotatable bonds is 12. The van der Waals surface area contributed by atoms with Crippen molar-refractivity contribution in [2.75, 3.05) is 27.2 Å². The van der Waals surface area contributed by atoms with E-state index in [0.717, 1.165) is 37.3 Å². The first-order chi connectivity index (χ1) is 21.7. The molecule has 3 unspecified atom stereocenters. The second kappa shape index (κ2) is 36.6. The Morgan fingerprint density at radius 3 is 1.76 bits per heavy atom. The lowest BCUT2D eigenvalue weighted by atomic mass is 9.73. The minimum atomic E-state index is -0.0579. The Kier molecular flexibility index (Phi) is 41.9. The third-order valence-electron chi connectivity index (χ3n) is 6.95. The van der Waals surface area contributed by atoms with Crippen molar-refractivity contribution in [2.24, 2.45) is 34.5 Å². The monoisotopic (exact) mass is 651 g/mol. The fourth-order valence-electron chi connectivity index (χ4n) is 4.66. The molecule has 0 aromatic carbocycles. The van der Waals surface area contributed by atoms with Crippen LogP contribution in [0.4, 0.5) is 0 Å². The van der Waals surface area contributed by atoms with E-state index < -0.39 is 0 Å². The number of hydrogen-bond acceptors (Lipinski definition) is 7. The Morgan fingerprint density at radius 1 is 1.02 bits per heavy atom. The molecule has 0 aromatic rings. The van der Waals surface area contributed by atoms with Gasteiger partial charge >= 0.3 is 0 Å². The van der Waals surface area contributed by atoms with Crippen molar-refractivity contribution < 1.29 is 9.59 Å². The molecule has 1 aliphatic carbocycles. The van der Waals surface area contributed by atoms with Crippen LogP contribution in [-0.4, -0.2) is 56.9 Å². The number of carbonyl (C=O) groups excluding carboxylic acids is 2. The molecule has 2 aliphatic rings. The van der Waals surface area contributed by atoms with Crippen LogP contribution >= 0.6 is 0 Å². The number of likely N-dealkylation sites (tertiary alicyclic amines) is 1. The zero-order valence-corrected chi connectivity index (χ0v) is 32.1. The van der Waals surface area contributed by atoms with Gasteiger partial charge in [0.2, 0.25) is 6.41 Å². The zero-order valence-electron chi connectivity index (χ0n) is 32.1. The lowest BCUT2D eigenvalue weighted by Gasteiger charge is -2.36. The first kappa shape index (κ1) is 52.7. The highest BCUT2D eigenvalue weighted by atomic mass is 16.1. The standard InChI is InChI=1S/C17H30N2.C10H19NO.C3H7N.C2H5NO.C2H5N.2C2H6/c1-4-7-15(13(2)18)16(12-14-8-5-9-14)17-10-6-11-19(17)3;1-5-6-7-11-9(8-12)10(2,3)4;1-3(2)4;1-3-2-4;1-2-3;2*1-2/h7,14,16-17H,2,4-6,8-12,18H2,1,3H3;5,8-9,11H,1,6-7H2,2-4H3;1,4H2,2H3;2H,1H3,(H,3,4);2H,1,3H2;2*1-2H3/b15-7-;;;;;;. The van der Waals surface area contributed by atoms with E-state index in [0.29, 0.717) is 24.1 Å². The molecule has 0 bridgehead atoms. The van der Waals surface area contributed by atoms with Crippen LogP contribution in [0.25, 0.3) is 0 Å². The molecule has 2 fully saturated rings. The van der Waals surface area contributed by atoms with Crippen LogP contribution in [0, 0.1) is 17.3 Å². The number of nitrogens with two attached hydrogens (primary N) is 3. The highest BCUT2D eigenvalue weighted by molar-refractivity contribution is 5.58. The molecule has 8 N–H and O–H groups in total. The molecule has 1 amide bonds. The van der Waals surface area contributed by atoms with Gasteiger partial charge in [-0.1, -0.05) is 107 Å². The molecule has 1 saturated carbocycles. The maximum absolute atomic E-state index is 10.7. The average molecular weight is 651 g/mol. The van der Waals surface area contributed by atoms with E-state index in [2.05, 4.69) is 67.6 Å². The highest BCUT2D eigenvalue weighted by Gasteiger charge is 2.34. The predicted octanol–water partition coefficient (Wildman–Crippen LogP) is 7.44. The Morgan fingerprint density at radius 2 is 1.50 bits per heavy atom. The maximum atomic E-state index is 10.7. The van der Waals surface area contributed by atoms with Crippen LogP contribution in [0.5, 0.6) is 0 Å². The quantitative estimate of drug-likeness (QED) is 0.0640. The van der Waals surface area contributed by atoms with Crippen molar-refractivity contribution in [3.05, 3.63) is 61.6 Å². The summed E-state index contributed by atoms with van der Waals surface area (Å²) >= 11 is 0. The predicted molar refractivity (Wildman–Crippen MR) is 206 cm³/mol. The maximum Gasteiger partial charge on any atom is 0.206 e. The largest absolute Gasteiger partial charge is 0.405 e. The Hall–Kier alpha value is -2.84. The number of aldehydes is 1. The molecule has 2 rings (SSSR count). The van der Waals surface area contributed by atoms with Crippen LogP contribution in [0.3, 0.4) is 0 Å². The van der Waals surface area contributed by atoms with Crippen LogP contribution in [-0.2, 0) is 9.59 Å². The van der Waals surface area contributed by atoms with Gasteiger partial charge in [-0.25, -0.2) is 0 Å². The normalized spacial score (nSPS) is 16.4. The number of nitrogens with one attached hydrogen (secondary N) is 2. The summed E-state index contributed by atoms with van der Waals surface area (Å²) in [4.78, 5) is 22.3. The summed E-state index contributed by atoms with van der Waals surface area (Å²) in [5.41, 5.74) is 18.4. The molecule has 1 heterocycles. The molecule has 1 saturated heterocycles. The second-order valence-corrected chi connectivity index (χ2v) is 11.9. The van der Waals surface area contributed by atoms with Crippen molar-refractivity contribution >= 4 is 12.7 Å². The summed E-state index contributed by atoms with van der Waals surface area (Å²) in [7, 11) is 3.83. The summed E-state index contributed by atoms with van der Waals surface area (Å²) in [5, 5.41) is 5.42. The van der Waals surface area contributed by atoms with Crippen LogP contribution < -0.4 is 27.8 Å². The Balaban J connectivity index is -0.000000178. The summed E-state index contributed by atoms with van der Waals surface area (Å²) in [5.74, 6) is 1.54. The van der Waals surface area contributed by atoms with Crippen molar-refractivity contribution in [2.45, 2.75) is 126 Å². The summed E-state index contributed by atoms with van der Waals surface area (Å²) in [6.07, 6.45) is 17.2. The third kappa shape index (κ3) is 31.2. The Labute approximate surface area is 286 Å². The van der Waals surface area contributed by atoms with Gasteiger partial charge in [0, 0.05) is 24.7 Å². The average Bonchev–Trinajstić information content (AvgIpc) is 3.41. The molecular weight excluding hydrogens is 572 g/mol. The van der Waals surface area contributed by atoms with Gasteiger partial charge in [-0.3, -0.25) is 4.79 Å². The van der Waals surface area contributed by atoms with Crippen LogP contribution in [0.15, 0.2) is 61.6 Å². The molecule has 8 nitrogen and oxygen atoms in total. The molecule has 8 heteroatoms. The van der Waals surface area contributed by atoms with Crippen molar-refractivity contribution in [3.8, 4) is 0 Å². The lowest BCUT2D eigenvalue weighted by molar-refractivity contribution is -0.111. The van der Waals surface area contributed by atoms with E-state index in [1.54, 1.807) is 14.0 Å². The number of amides is 1. The van der Waals surface area contributed by atoms with Gasteiger partial charge in [-0.05, 0) is 88.0 Å². The molecular formula is C38H78N6O2.